The smallest absolute Gasteiger partial charge is 0.313 e. The molecule has 1 aromatic carbocycles. The van der Waals surface area contributed by atoms with E-state index in [1.807, 2.05) is 38.1 Å². The first-order chi connectivity index (χ1) is 11.0. The molecular weight excluding hydrogens is 292 g/mol. The highest BCUT2D eigenvalue weighted by Crippen LogP contribution is 2.11. The fourth-order valence-electron chi connectivity index (χ4n) is 2.00. The van der Waals surface area contributed by atoms with Crippen LogP contribution in [0.2, 0.25) is 0 Å². The van der Waals surface area contributed by atoms with Crippen molar-refractivity contribution in [2.45, 2.75) is 52.6 Å². The van der Waals surface area contributed by atoms with Crippen LogP contribution in [0.4, 0.5) is 5.69 Å². The molecule has 0 aliphatic rings. The lowest BCUT2D eigenvalue weighted by molar-refractivity contribution is -0.136. The number of aryl methyl sites for hydroxylation is 1. The molecule has 0 aromatic heterocycles. The lowest BCUT2D eigenvalue weighted by Crippen LogP contribution is -2.36. The number of carbonyl (C=O) groups excluding carboxylic acids is 2. The van der Waals surface area contributed by atoms with Gasteiger partial charge in [0.05, 0.1) is 6.10 Å². The number of rotatable bonds is 9. The van der Waals surface area contributed by atoms with Crippen molar-refractivity contribution in [1.82, 2.24) is 5.32 Å². The van der Waals surface area contributed by atoms with Gasteiger partial charge in [-0.15, -0.1) is 0 Å². The largest absolute Gasteiger partial charge is 0.379 e. The van der Waals surface area contributed by atoms with Crippen molar-refractivity contribution >= 4 is 17.5 Å². The van der Waals surface area contributed by atoms with Gasteiger partial charge in [-0.2, -0.15) is 0 Å². The molecule has 2 amide bonds. The Hall–Kier alpha value is -1.88. The molecule has 5 heteroatoms. The minimum Gasteiger partial charge on any atom is -0.379 e. The van der Waals surface area contributed by atoms with E-state index >= 15 is 0 Å². The maximum absolute atomic E-state index is 11.8. The molecule has 0 saturated carbocycles. The van der Waals surface area contributed by atoms with Crippen molar-refractivity contribution in [1.29, 1.82) is 0 Å². The number of nitrogens with one attached hydrogen (secondary N) is 2. The van der Waals surface area contributed by atoms with E-state index in [0.717, 1.165) is 19.3 Å². The van der Waals surface area contributed by atoms with Crippen LogP contribution in [0.5, 0.6) is 0 Å². The lowest BCUT2D eigenvalue weighted by atomic mass is 10.1. The van der Waals surface area contributed by atoms with E-state index in [-0.39, 0.29) is 6.10 Å². The molecule has 0 unspecified atom stereocenters. The summed E-state index contributed by atoms with van der Waals surface area (Å²) in [6, 6.07) is 7.61. The molecule has 0 atom stereocenters. The van der Waals surface area contributed by atoms with Crippen molar-refractivity contribution in [3.8, 4) is 0 Å². The Morgan fingerprint density at radius 3 is 2.39 bits per heavy atom. The molecule has 5 nitrogen and oxygen atoms in total. The Bertz CT molecular complexity index is 484. The molecule has 0 spiro atoms. The summed E-state index contributed by atoms with van der Waals surface area (Å²) in [4.78, 5) is 23.5. The van der Waals surface area contributed by atoms with Crippen molar-refractivity contribution in [2.75, 3.05) is 18.5 Å². The lowest BCUT2D eigenvalue weighted by Gasteiger charge is -2.09. The number of hydrogen-bond donors (Lipinski definition) is 2. The molecule has 23 heavy (non-hydrogen) atoms. The Morgan fingerprint density at radius 2 is 1.78 bits per heavy atom. The number of anilines is 1. The number of ether oxygens (including phenoxy) is 1. The first kappa shape index (κ1) is 19.2. The Kier molecular flexibility index (Phi) is 8.98. The topological polar surface area (TPSA) is 67.4 Å². The van der Waals surface area contributed by atoms with Gasteiger partial charge in [-0.05, 0) is 50.8 Å². The Balaban J connectivity index is 2.30. The molecule has 0 saturated heterocycles. The van der Waals surface area contributed by atoms with Crippen molar-refractivity contribution in [2.24, 2.45) is 0 Å². The molecule has 0 aliphatic carbocycles. The van der Waals surface area contributed by atoms with Crippen molar-refractivity contribution in [3.05, 3.63) is 29.8 Å². The van der Waals surface area contributed by atoms with Gasteiger partial charge in [0.15, 0.2) is 0 Å². The van der Waals surface area contributed by atoms with E-state index in [4.69, 9.17) is 4.74 Å². The number of carbonyl (C=O) groups is 2. The first-order valence-electron chi connectivity index (χ1n) is 8.32. The quantitative estimate of drug-likeness (QED) is 0.543. The van der Waals surface area contributed by atoms with Gasteiger partial charge >= 0.3 is 11.8 Å². The summed E-state index contributed by atoms with van der Waals surface area (Å²) < 4.78 is 5.37. The van der Waals surface area contributed by atoms with E-state index in [9.17, 15) is 9.59 Å². The van der Waals surface area contributed by atoms with Crippen LogP contribution in [0.15, 0.2) is 24.3 Å². The van der Waals surface area contributed by atoms with Crippen LogP contribution in [0.3, 0.4) is 0 Å². The third kappa shape index (κ3) is 8.35. The third-order valence-corrected chi connectivity index (χ3v) is 3.29. The molecule has 0 bridgehead atoms. The van der Waals surface area contributed by atoms with Crippen LogP contribution in [-0.2, 0) is 20.7 Å². The standard InChI is InChI=1S/C18H28N2O3/c1-4-5-7-15-8-10-16(11-9-15)20-18(22)17(21)19-12-6-13-23-14(2)3/h8-11,14H,4-7,12-13H2,1-3H3,(H,19,21)(H,20,22). The number of hydrogen-bond acceptors (Lipinski definition) is 3. The Labute approximate surface area is 138 Å². The van der Waals surface area contributed by atoms with Gasteiger partial charge in [0, 0.05) is 18.8 Å². The maximum atomic E-state index is 11.8. The number of benzene rings is 1. The number of amides is 2. The normalized spacial score (nSPS) is 10.6. The van der Waals surface area contributed by atoms with Crippen molar-refractivity contribution in [3.63, 3.8) is 0 Å². The van der Waals surface area contributed by atoms with Gasteiger partial charge in [-0.1, -0.05) is 25.5 Å². The minimum atomic E-state index is -0.643. The fourth-order valence-corrected chi connectivity index (χ4v) is 2.00. The molecule has 1 rings (SSSR count). The summed E-state index contributed by atoms with van der Waals surface area (Å²) in [5.74, 6) is -1.26. The van der Waals surface area contributed by atoms with Gasteiger partial charge in [-0.25, -0.2) is 0 Å². The molecule has 0 fully saturated rings. The highest BCUT2D eigenvalue weighted by atomic mass is 16.5. The van der Waals surface area contributed by atoms with Gasteiger partial charge in [0.1, 0.15) is 0 Å². The van der Waals surface area contributed by atoms with E-state index in [1.54, 1.807) is 0 Å². The summed E-state index contributed by atoms with van der Waals surface area (Å²) in [6.07, 6.45) is 4.19. The second-order valence-electron chi connectivity index (χ2n) is 5.78. The maximum Gasteiger partial charge on any atom is 0.313 e. The van der Waals surface area contributed by atoms with Gasteiger partial charge in [-0.3, -0.25) is 9.59 Å². The van der Waals surface area contributed by atoms with E-state index in [2.05, 4.69) is 17.6 Å². The molecule has 0 aliphatic heterocycles. The monoisotopic (exact) mass is 320 g/mol. The zero-order valence-electron chi connectivity index (χ0n) is 14.4. The van der Waals surface area contributed by atoms with Crippen LogP contribution in [0.1, 0.15) is 45.6 Å². The van der Waals surface area contributed by atoms with Crippen LogP contribution in [0.25, 0.3) is 0 Å². The second kappa shape index (κ2) is 10.8. The molecule has 2 N–H and O–H groups in total. The average Bonchev–Trinajstić information content (AvgIpc) is 2.53. The fraction of sp³-hybridized carbons (Fsp3) is 0.556. The van der Waals surface area contributed by atoms with E-state index < -0.39 is 11.8 Å². The van der Waals surface area contributed by atoms with E-state index in [1.165, 1.54) is 5.56 Å². The molecule has 0 radical (unpaired) electrons. The highest BCUT2D eigenvalue weighted by Gasteiger charge is 2.12. The zero-order chi connectivity index (χ0) is 17.1. The highest BCUT2D eigenvalue weighted by molar-refractivity contribution is 6.39. The second-order valence-corrected chi connectivity index (χ2v) is 5.78. The van der Waals surface area contributed by atoms with Crippen LogP contribution >= 0.6 is 0 Å². The SMILES string of the molecule is CCCCc1ccc(NC(=O)C(=O)NCCCOC(C)C)cc1. The predicted octanol–water partition coefficient (Wildman–Crippen LogP) is 2.90. The zero-order valence-corrected chi connectivity index (χ0v) is 14.4. The summed E-state index contributed by atoms with van der Waals surface area (Å²) >= 11 is 0. The predicted molar refractivity (Wildman–Crippen MR) is 92.4 cm³/mol. The van der Waals surface area contributed by atoms with Crippen molar-refractivity contribution < 1.29 is 14.3 Å². The Morgan fingerprint density at radius 1 is 1.09 bits per heavy atom. The molecular formula is C18H28N2O3. The first-order valence-corrected chi connectivity index (χ1v) is 8.32. The van der Waals surface area contributed by atoms with Crippen LogP contribution < -0.4 is 10.6 Å². The number of unbranched alkanes of at least 4 members (excludes halogenated alkanes) is 1. The average molecular weight is 320 g/mol. The van der Waals surface area contributed by atoms with Gasteiger partial charge in [0.2, 0.25) is 0 Å². The summed E-state index contributed by atoms with van der Waals surface area (Å²) in [7, 11) is 0. The third-order valence-electron chi connectivity index (χ3n) is 3.29. The molecule has 0 heterocycles. The summed E-state index contributed by atoms with van der Waals surface area (Å²) in [5, 5.41) is 5.19. The van der Waals surface area contributed by atoms with E-state index in [0.29, 0.717) is 25.3 Å². The summed E-state index contributed by atoms with van der Waals surface area (Å²) in [6.45, 7) is 7.06. The van der Waals surface area contributed by atoms with Gasteiger partial charge < -0.3 is 15.4 Å². The van der Waals surface area contributed by atoms with Gasteiger partial charge in [0.25, 0.3) is 0 Å². The molecule has 1 aromatic rings. The summed E-state index contributed by atoms with van der Waals surface area (Å²) in [5.41, 5.74) is 1.87. The van der Waals surface area contributed by atoms with Crippen LogP contribution in [0, 0.1) is 0 Å². The molecule has 128 valence electrons. The van der Waals surface area contributed by atoms with Crippen LogP contribution in [-0.4, -0.2) is 31.1 Å². The minimum absolute atomic E-state index is 0.175.